The maximum Gasteiger partial charge on any atom is 0.258 e. The number of anilines is 2. The molecule has 18 aromatic heterocycles. The van der Waals surface area contributed by atoms with E-state index in [1.807, 2.05) is 178 Å². The van der Waals surface area contributed by atoms with Crippen LogP contribution in [0.4, 0.5) is 11.6 Å². The Morgan fingerprint density at radius 1 is 0.312 bits per heavy atom. The molecule has 5 fully saturated rings. The van der Waals surface area contributed by atoms with Crippen LogP contribution in [0.3, 0.4) is 0 Å². The van der Waals surface area contributed by atoms with Crippen LogP contribution in [-0.4, -0.2) is 223 Å². The molecule has 37 nitrogen and oxygen atoms in total. The minimum atomic E-state index is -0.129. The number of fused-ring (bicyclic) bond motifs is 10. The molecule has 698 valence electrons. The lowest BCUT2D eigenvalue weighted by Gasteiger charge is -2.33. The highest BCUT2D eigenvalue weighted by Crippen LogP contribution is 2.32. The molecule has 0 spiro atoms. The van der Waals surface area contributed by atoms with Gasteiger partial charge in [-0.05, 0) is 167 Å². The number of likely N-dealkylation sites (N-methyl/N-ethyl adjacent to an activating group) is 1. The Morgan fingerprint density at radius 2 is 0.667 bits per heavy atom. The molecule has 5 aliphatic heterocycles. The van der Waals surface area contributed by atoms with Gasteiger partial charge in [-0.25, -0.2) is 49.8 Å². The number of aryl methyl sites for hydroxylation is 6. The number of hydrogen-bond acceptors (Lipinski definition) is 27. The number of halogens is 1. The molecular weight excluding hydrogens is 1760 g/mol. The summed E-state index contributed by atoms with van der Waals surface area (Å²) >= 11 is 6.38. The summed E-state index contributed by atoms with van der Waals surface area (Å²) in [6.45, 7) is 21.2. The summed E-state index contributed by atoms with van der Waals surface area (Å²) in [6.07, 6.45) is 39.4. The molecule has 0 aliphatic carbocycles. The number of piperazine rings is 2. The molecule has 2 aromatic carbocycles. The third-order valence-electron chi connectivity index (χ3n) is 26.1. The van der Waals surface area contributed by atoms with Gasteiger partial charge in [0.05, 0.1) is 122 Å². The van der Waals surface area contributed by atoms with Crippen molar-refractivity contribution in [3.63, 3.8) is 0 Å². The molecule has 0 atom stereocenters. The minimum Gasteiger partial charge on any atom is -0.353 e. The maximum atomic E-state index is 12.8. The SMILES string of the molecule is CN1CCN(c2cn3c(=O)cc(-c4ccc5nn(C)cc5c4)nc3cn2)CC1.Cc1cn2cc(-c3cc(=O)n4cc(C5CCNCC5)ncc4n3)cc(C)c2n1.Cc1cn2cc(-c3cc(=O)n4cc(C5CCNCC5)ncc4n3)cc(Cl)c2n1.Cc1cn2cc(-c3cc(=O)n4cc(C5CCNCC5)ncc4n3)ccc2n1.Cn1cc2cc(-c3cc(=O)n4cc(N5CCNCC5)ncc4n3)ccc2n1. The fraction of sp³-hybridized carbons (Fsp3) is 0.300. The van der Waals surface area contributed by atoms with Crippen molar-refractivity contribution in [1.82, 2.24) is 146 Å². The first-order chi connectivity index (χ1) is 67.1. The highest BCUT2D eigenvalue weighted by Gasteiger charge is 2.25. The monoisotopic (exact) mass is 1860 g/mol. The summed E-state index contributed by atoms with van der Waals surface area (Å²) in [6, 6.07) is 27.4. The molecule has 0 saturated carbocycles. The van der Waals surface area contributed by atoms with Crippen LogP contribution >= 0.6 is 11.6 Å². The topological polar surface area (TPSA) is 382 Å². The number of imidazole rings is 3. The van der Waals surface area contributed by atoms with Crippen LogP contribution in [0, 0.1) is 27.7 Å². The van der Waals surface area contributed by atoms with E-state index in [0.717, 1.165) is 242 Å². The standard InChI is InChI=1S/C21H22N6O.C20H19ClN6O.C20H21N7O.C20H20N6O.C19H19N7O/c1-13-7-16(11-26-10-14(2)24-21(13)26)17-8-20(28)27-12-18(23-9-19(27)25-17)15-3-5-22-6-4-15;1-12-9-26-10-14(6-15(21)20(26)24-12)16-7-19(28)27-11-17(23-8-18(27)25-16)13-2-4-22-5-3-13;1-24-5-7-26(8-6-24)19-13-27-18(11-21-19)22-17(10-20(27)28)14-3-4-16-15(9-14)12-25(2)23-16;1-13-10-25-11-15(2-3-18(25)23-13)16-8-20(27)26-12-17(22-9-19(26)24-16)14-4-6-21-7-5-14;1-24-11-14-8-13(2-3-15(14)23-24)16-9-19(27)26-12-18(21-10-17(26)22-16)25-6-4-20-5-7-25/h7-12,15,22H,3-6H2,1-2H3;6-11,13,22H,2-5H2,1H3;3-4,9-13H,5-8H2,1-2H3;2-3,8-12,14,21H,4-7H2,1H3;2-3,8-12,20H,4-7H2,1H3. The average Bonchev–Trinajstić information content (AvgIpc) is 1.31. The summed E-state index contributed by atoms with van der Waals surface area (Å²) in [5.74, 6) is 2.79. The second-order valence-corrected chi connectivity index (χ2v) is 36.4. The number of hydrogen-bond donors (Lipinski definition) is 4. The van der Waals surface area contributed by atoms with Crippen LogP contribution in [0.5, 0.6) is 0 Å². The molecule has 0 radical (unpaired) electrons. The molecule has 23 heterocycles. The number of aromatic nitrogens is 25. The van der Waals surface area contributed by atoms with Crippen molar-refractivity contribution in [2.75, 3.05) is 108 Å². The van der Waals surface area contributed by atoms with E-state index in [0.29, 0.717) is 85.1 Å². The zero-order valence-corrected chi connectivity index (χ0v) is 78.1. The van der Waals surface area contributed by atoms with Gasteiger partial charge in [0.2, 0.25) is 0 Å². The normalized spacial score (nSPS) is 15.4. The van der Waals surface area contributed by atoms with Gasteiger partial charge in [-0.3, -0.25) is 70.3 Å². The third kappa shape index (κ3) is 18.8. The fourth-order valence-electron chi connectivity index (χ4n) is 18.8. The van der Waals surface area contributed by atoms with Gasteiger partial charge in [0.25, 0.3) is 27.8 Å². The smallest absolute Gasteiger partial charge is 0.258 e. The molecular formula is C100H101ClN32O5. The van der Waals surface area contributed by atoms with E-state index in [9.17, 15) is 24.0 Å². The van der Waals surface area contributed by atoms with Crippen molar-refractivity contribution in [3.05, 3.63) is 299 Å². The molecule has 20 aromatic rings. The zero-order chi connectivity index (χ0) is 94.5. The summed E-state index contributed by atoms with van der Waals surface area (Å²) in [7, 11) is 5.90. The number of benzene rings is 2. The predicted molar refractivity (Wildman–Crippen MR) is 532 cm³/mol. The van der Waals surface area contributed by atoms with E-state index >= 15 is 0 Å². The Hall–Kier alpha value is -15.4. The fourth-order valence-corrected chi connectivity index (χ4v) is 19.1. The van der Waals surface area contributed by atoms with Gasteiger partial charge in [0.15, 0.2) is 33.9 Å². The van der Waals surface area contributed by atoms with Crippen molar-refractivity contribution in [3.8, 4) is 56.3 Å². The largest absolute Gasteiger partial charge is 0.353 e. The van der Waals surface area contributed by atoms with E-state index in [-0.39, 0.29) is 27.8 Å². The molecule has 38 heteroatoms. The second kappa shape index (κ2) is 38.0. The predicted octanol–water partition coefficient (Wildman–Crippen LogP) is 9.95. The van der Waals surface area contributed by atoms with Gasteiger partial charge in [-0.1, -0.05) is 23.7 Å². The molecule has 0 bridgehead atoms. The van der Waals surface area contributed by atoms with Crippen LogP contribution in [0.2, 0.25) is 5.02 Å². The quantitative estimate of drug-likeness (QED) is 0.0988. The van der Waals surface area contributed by atoms with Crippen molar-refractivity contribution in [1.29, 1.82) is 0 Å². The van der Waals surface area contributed by atoms with E-state index in [1.165, 1.54) is 0 Å². The Bertz CT molecular complexity index is 8020. The Morgan fingerprint density at radius 3 is 1.12 bits per heavy atom. The molecule has 0 unspecified atom stereocenters. The van der Waals surface area contributed by atoms with Gasteiger partial charge in [-0.15, -0.1) is 0 Å². The van der Waals surface area contributed by atoms with Gasteiger partial charge in [-0.2, -0.15) is 10.2 Å². The number of nitrogens with one attached hydrogen (secondary N) is 4. The summed E-state index contributed by atoms with van der Waals surface area (Å²) in [5.41, 5.74) is 20.7. The Labute approximate surface area is 793 Å². The van der Waals surface area contributed by atoms with Crippen molar-refractivity contribution >= 4 is 90.2 Å². The maximum absolute atomic E-state index is 12.8. The molecule has 138 heavy (non-hydrogen) atoms. The highest BCUT2D eigenvalue weighted by atomic mass is 35.5. The molecule has 4 N–H and O–H groups in total. The number of rotatable bonds is 10. The van der Waals surface area contributed by atoms with Crippen LogP contribution in [-0.2, 0) is 14.1 Å². The van der Waals surface area contributed by atoms with Gasteiger partial charge >= 0.3 is 0 Å². The number of nitrogens with zero attached hydrogens (tertiary/aromatic N) is 28. The Kier molecular flexibility index (Phi) is 24.6. The molecule has 25 rings (SSSR count). The van der Waals surface area contributed by atoms with E-state index in [2.05, 4.69) is 113 Å². The molecule has 5 saturated heterocycles. The van der Waals surface area contributed by atoms with E-state index in [4.69, 9.17) is 16.6 Å². The van der Waals surface area contributed by atoms with Crippen LogP contribution < -0.4 is 58.9 Å². The third-order valence-corrected chi connectivity index (χ3v) is 26.4. The van der Waals surface area contributed by atoms with Crippen molar-refractivity contribution in [2.24, 2.45) is 14.1 Å². The lowest BCUT2D eigenvalue weighted by atomic mass is 9.95. The first-order valence-corrected chi connectivity index (χ1v) is 46.9. The lowest BCUT2D eigenvalue weighted by molar-refractivity contribution is 0.312. The average molecular weight is 1870 g/mol. The Balaban J connectivity index is 0.000000103. The lowest BCUT2D eigenvalue weighted by Crippen LogP contribution is -2.45. The van der Waals surface area contributed by atoms with Crippen LogP contribution in [0.25, 0.3) is 123 Å². The van der Waals surface area contributed by atoms with Crippen molar-refractivity contribution in [2.45, 2.75) is 84.0 Å². The van der Waals surface area contributed by atoms with Crippen molar-refractivity contribution < 1.29 is 0 Å². The number of pyridine rings is 3. The summed E-state index contributed by atoms with van der Waals surface area (Å²) in [5, 5.41) is 24.7. The van der Waals surface area contributed by atoms with Gasteiger partial charge in [0.1, 0.15) is 22.9 Å². The first-order valence-electron chi connectivity index (χ1n) is 46.5. The van der Waals surface area contributed by atoms with E-state index < -0.39 is 0 Å². The van der Waals surface area contributed by atoms with Gasteiger partial charge < -0.3 is 49.2 Å². The summed E-state index contributed by atoms with van der Waals surface area (Å²) in [4.78, 5) is 130. The minimum absolute atomic E-state index is 0.0860. The van der Waals surface area contributed by atoms with E-state index in [1.54, 1.807) is 111 Å². The van der Waals surface area contributed by atoms with Gasteiger partial charge in [0, 0.05) is 221 Å². The molecule has 5 aliphatic rings. The summed E-state index contributed by atoms with van der Waals surface area (Å²) < 4.78 is 17.3. The highest BCUT2D eigenvalue weighted by molar-refractivity contribution is 6.33. The molecule has 0 amide bonds. The first kappa shape index (κ1) is 89.1. The van der Waals surface area contributed by atoms with Crippen LogP contribution in [0.1, 0.15) is 96.0 Å². The zero-order valence-electron chi connectivity index (χ0n) is 77.4. The number of piperidine rings is 3. The second-order valence-electron chi connectivity index (χ2n) is 36.0. The van der Waals surface area contributed by atoms with Crippen LogP contribution in [0.15, 0.2) is 227 Å².